The molecule has 1 aliphatic heterocycles. The van der Waals surface area contributed by atoms with Crippen LogP contribution in [0.4, 0.5) is 8.78 Å². The fourth-order valence-electron chi connectivity index (χ4n) is 2.27. The monoisotopic (exact) mass is 262 g/mol. The van der Waals surface area contributed by atoms with Gasteiger partial charge in [0.25, 0.3) is 0 Å². The van der Waals surface area contributed by atoms with Crippen molar-refractivity contribution in [3.05, 3.63) is 39.7 Å². The van der Waals surface area contributed by atoms with Crippen LogP contribution in [0.15, 0.2) is 17.1 Å². The molecule has 6 heteroatoms. The molecule has 1 aromatic heterocycles. The first-order valence-corrected chi connectivity index (χ1v) is 5.64. The summed E-state index contributed by atoms with van der Waals surface area (Å²) in [6.07, 6.45) is 1.36. The van der Waals surface area contributed by atoms with Crippen LogP contribution in [-0.4, -0.2) is 11.2 Å². The van der Waals surface area contributed by atoms with Crippen LogP contribution in [0.25, 0.3) is 10.9 Å². The molecular formula is C13H8F2N2O2. The number of aromatic nitrogens is 1. The largest absolute Gasteiger partial charge is 0.486 e. The van der Waals surface area contributed by atoms with Crippen molar-refractivity contribution >= 4 is 10.9 Å². The number of benzene rings is 1. The number of rotatable bonds is 0. The van der Waals surface area contributed by atoms with Gasteiger partial charge in [-0.3, -0.25) is 4.79 Å². The van der Waals surface area contributed by atoms with Gasteiger partial charge >= 0.3 is 0 Å². The first-order valence-electron chi connectivity index (χ1n) is 5.64. The third-order valence-corrected chi connectivity index (χ3v) is 3.23. The molecule has 0 saturated carbocycles. The SMILES string of the molecule is C[C@H]1COc2c(F)c(F)cc3c(=O)c(C#N)cn1c23. The van der Waals surface area contributed by atoms with E-state index in [-0.39, 0.29) is 34.9 Å². The summed E-state index contributed by atoms with van der Waals surface area (Å²) in [6, 6.07) is 2.41. The molecule has 2 aromatic rings. The van der Waals surface area contributed by atoms with Crippen molar-refractivity contribution in [2.45, 2.75) is 13.0 Å². The van der Waals surface area contributed by atoms with Gasteiger partial charge in [-0.05, 0) is 13.0 Å². The van der Waals surface area contributed by atoms with Crippen LogP contribution in [0, 0.1) is 23.0 Å². The zero-order valence-corrected chi connectivity index (χ0v) is 9.91. The van der Waals surface area contributed by atoms with Crippen molar-refractivity contribution < 1.29 is 13.5 Å². The van der Waals surface area contributed by atoms with Crippen LogP contribution in [0.1, 0.15) is 18.5 Å². The Labute approximate surface area is 106 Å². The average molecular weight is 262 g/mol. The molecule has 1 aromatic carbocycles. The third kappa shape index (κ3) is 1.45. The van der Waals surface area contributed by atoms with Crippen molar-refractivity contribution in [3.8, 4) is 11.8 Å². The highest BCUT2D eigenvalue weighted by Gasteiger charge is 2.26. The Kier molecular flexibility index (Phi) is 2.32. The Morgan fingerprint density at radius 3 is 2.95 bits per heavy atom. The molecule has 0 saturated heterocycles. The minimum absolute atomic E-state index is 0.0421. The lowest BCUT2D eigenvalue weighted by Crippen LogP contribution is -2.25. The molecule has 0 fully saturated rings. The molecule has 0 aliphatic carbocycles. The minimum atomic E-state index is -1.16. The zero-order chi connectivity index (χ0) is 13.7. The lowest BCUT2D eigenvalue weighted by atomic mass is 10.1. The van der Waals surface area contributed by atoms with Crippen LogP contribution in [0.3, 0.4) is 0 Å². The normalized spacial score (nSPS) is 17.1. The minimum Gasteiger partial charge on any atom is -0.486 e. The molecule has 0 N–H and O–H groups in total. The van der Waals surface area contributed by atoms with Crippen molar-refractivity contribution in [2.75, 3.05) is 6.61 Å². The van der Waals surface area contributed by atoms with E-state index in [1.807, 2.05) is 0 Å². The molecule has 0 radical (unpaired) electrons. The van der Waals surface area contributed by atoms with E-state index in [1.54, 1.807) is 17.6 Å². The molecule has 1 aliphatic rings. The van der Waals surface area contributed by atoms with Crippen molar-refractivity contribution in [1.82, 2.24) is 4.57 Å². The summed E-state index contributed by atoms with van der Waals surface area (Å²) in [5, 5.41) is 8.89. The van der Waals surface area contributed by atoms with Gasteiger partial charge in [0.1, 0.15) is 18.2 Å². The van der Waals surface area contributed by atoms with Crippen LogP contribution in [-0.2, 0) is 0 Å². The topological polar surface area (TPSA) is 55.0 Å². The van der Waals surface area contributed by atoms with E-state index in [0.717, 1.165) is 6.07 Å². The van der Waals surface area contributed by atoms with Gasteiger partial charge in [0.05, 0.1) is 16.9 Å². The number of nitrogens with zero attached hydrogens (tertiary/aromatic N) is 2. The predicted molar refractivity (Wildman–Crippen MR) is 63.0 cm³/mol. The molecule has 2 heterocycles. The number of nitriles is 1. The van der Waals surface area contributed by atoms with E-state index < -0.39 is 17.1 Å². The molecule has 0 bridgehead atoms. The van der Waals surface area contributed by atoms with Gasteiger partial charge in [-0.1, -0.05) is 0 Å². The summed E-state index contributed by atoms with van der Waals surface area (Å²) in [5.74, 6) is -2.54. The lowest BCUT2D eigenvalue weighted by Gasteiger charge is -2.26. The van der Waals surface area contributed by atoms with Crippen LogP contribution < -0.4 is 10.2 Å². The van der Waals surface area contributed by atoms with E-state index in [1.165, 1.54) is 6.20 Å². The highest BCUT2D eigenvalue weighted by atomic mass is 19.2. The number of ether oxygens (including phenoxy) is 1. The number of hydrogen-bond donors (Lipinski definition) is 0. The molecule has 3 rings (SSSR count). The fraction of sp³-hybridized carbons (Fsp3) is 0.231. The molecule has 4 nitrogen and oxygen atoms in total. The molecule has 0 amide bonds. The number of pyridine rings is 1. The first-order chi connectivity index (χ1) is 9.04. The van der Waals surface area contributed by atoms with Crippen LogP contribution in [0.5, 0.6) is 5.75 Å². The third-order valence-electron chi connectivity index (χ3n) is 3.23. The lowest BCUT2D eigenvalue weighted by molar-refractivity contribution is 0.233. The number of halogens is 2. The highest BCUT2D eigenvalue weighted by molar-refractivity contribution is 5.87. The first kappa shape index (κ1) is 11.7. The second-order valence-corrected chi connectivity index (χ2v) is 4.45. The van der Waals surface area contributed by atoms with E-state index in [2.05, 4.69) is 0 Å². The summed E-state index contributed by atoms with van der Waals surface area (Å²) in [4.78, 5) is 12.0. The van der Waals surface area contributed by atoms with Crippen molar-refractivity contribution in [3.63, 3.8) is 0 Å². The van der Waals surface area contributed by atoms with Crippen LogP contribution >= 0.6 is 0 Å². The summed E-state index contributed by atoms with van der Waals surface area (Å²) < 4.78 is 34.0. The van der Waals surface area contributed by atoms with E-state index >= 15 is 0 Å². The quantitative estimate of drug-likeness (QED) is 0.730. The van der Waals surface area contributed by atoms with Gasteiger partial charge < -0.3 is 9.30 Å². The molecule has 19 heavy (non-hydrogen) atoms. The van der Waals surface area contributed by atoms with Gasteiger partial charge in [-0.25, -0.2) is 4.39 Å². The smallest absolute Gasteiger partial charge is 0.207 e. The molecule has 0 unspecified atom stereocenters. The Hall–Kier alpha value is -2.42. The van der Waals surface area contributed by atoms with Gasteiger partial charge in [0.2, 0.25) is 11.2 Å². The molecule has 96 valence electrons. The number of hydrogen-bond acceptors (Lipinski definition) is 3. The summed E-state index contributed by atoms with van der Waals surface area (Å²) >= 11 is 0. The van der Waals surface area contributed by atoms with Crippen molar-refractivity contribution in [2.24, 2.45) is 0 Å². The Morgan fingerprint density at radius 1 is 1.53 bits per heavy atom. The standard InChI is InChI=1S/C13H8F2N2O2/c1-6-5-19-13-10(15)9(14)2-8-11(13)17(6)4-7(3-16)12(8)18/h2,4,6H,5H2,1H3/t6-/m0/s1. The van der Waals surface area contributed by atoms with E-state index in [9.17, 15) is 13.6 Å². The molecule has 1 atom stereocenters. The predicted octanol–water partition coefficient (Wildman–Crippen LogP) is 2.10. The van der Waals surface area contributed by atoms with Gasteiger partial charge in [0.15, 0.2) is 11.6 Å². The second kappa shape index (κ2) is 3.79. The maximum Gasteiger partial charge on any atom is 0.207 e. The Bertz CT molecular complexity index is 805. The van der Waals surface area contributed by atoms with Gasteiger partial charge in [-0.15, -0.1) is 0 Å². The van der Waals surface area contributed by atoms with E-state index in [0.29, 0.717) is 0 Å². The molecular weight excluding hydrogens is 254 g/mol. The van der Waals surface area contributed by atoms with E-state index in [4.69, 9.17) is 10.00 Å². The van der Waals surface area contributed by atoms with Crippen molar-refractivity contribution in [1.29, 1.82) is 5.26 Å². The van der Waals surface area contributed by atoms with Gasteiger partial charge in [0, 0.05) is 6.20 Å². The summed E-state index contributed by atoms with van der Waals surface area (Å²) in [7, 11) is 0. The maximum atomic E-state index is 13.7. The second-order valence-electron chi connectivity index (χ2n) is 4.45. The molecule has 0 spiro atoms. The Morgan fingerprint density at radius 2 is 2.26 bits per heavy atom. The fourth-order valence-corrected chi connectivity index (χ4v) is 2.27. The summed E-state index contributed by atoms with van der Waals surface area (Å²) in [5.41, 5.74) is -0.522. The highest BCUT2D eigenvalue weighted by Crippen LogP contribution is 2.35. The average Bonchev–Trinajstić information content (AvgIpc) is 2.40. The van der Waals surface area contributed by atoms with Gasteiger partial charge in [-0.2, -0.15) is 9.65 Å². The maximum absolute atomic E-state index is 13.7. The Balaban J connectivity index is 2.60. The van der Waals surface area contributed by atoms with Crippen LogP contribution in [0.2, 0.25) is 0 Å². The summed E-state index contributed by atoms with van der Waals surface area (Å²) in [6.45, 7) is 1.95. The zero-order valence-electron chi connectivity index (χ0n) is 9.91.